The summed E-state index contributed by atoms with van der Waals surface area (Å²) >= 11 is 0. The van der Waals surface area contributed by atoms with Crippen LogP contribution >= 0.6 is 0 Å². The second-order valence-corrected chi connectivity index (χ2v) is 7.60. The van der Waals surface area contributed by atoms with E-state index in [2.05, 4.69) is 32.6 Å². The molecule has 0 amide bonds. The van der Waals surface area contributed by atoms with E-state index in [1.54, 1.807) is 0 Å². The van der Waals surface area contributed by atoms with Crippen LogP contribution in [0.4, 0.5) is 0 Å². The molecule has 0 bridgehead atoms. The van der Waals surface area contributed by atoms with Gasteiger partial charge in [0.2, 0.25) is 0 Å². The van der Waals surface area contributed by atoms with E-state index in [4.69, 9.17) is 4.74 Å². The van der Waals surface area contributed by atoms with Gasteiger partial charge in [-0.2, -0.15) is 0 Å². The number of fused-ring (bicyclic) bond motifs is 1. The monoisotopic (exact) mass is 237 g/mol. The maximum absolute atomic E-state index is 6.53. The van der Waals surface area contributed by atoms with Crippen molar-refractivity contribution in [3.63, 3.8) is 0 Å². The van der Waals surface area contributed by atoms with Crippen LogP contribution in [-0.2, 0) is 4.74 Å². The lowest BCUT2D eigenvalue weighted by Crippen LogP contribution is -2.54. The molecule has 0 radical (unpaired) electrons. The first-order chi connectivity index (χ1) is 7.87. The molecule has 2 nitrogen and oxygen atoms in total. The molecule has 2 aliphatic heterocycles. The van der Waals surface area contributed by atoms with Gasteiger partial charge in [0, 0.05) is 6.54 Å². The first kappa shape index (κ1) is 12.0. The lowest BCUT2D eigenvalue weighted by atomic mass is 9.82. The summed E-state index contributed by atoms with van der Waals surface area (Å²) in [4.78, 5) is 2.76. The Balaban J connectivity index is 1.87. The number of hydrogen-bond donors (Lipinski definition) is 0. The highest BCUT2D eigenvalue weighted by atomic mass is 16.5. The summed E-state index contributed by atoms with van der Waals surface area (Å²) in [5.41, 5.74) is 0.609. The Morgan fingerprint density at radius 2 is 1.88 bits per heavy atom. The van der Waals surface area contributed by atoms with Crippen molar-refractivity contribution in [3.05, 3.63) is 0 Å². The van der Waals surface area contributed by atoms with Gasteiger partial charge in [-0.3, -0.25) is 4.90 Å². The van der Waals surface area contributed by atoms with Crippen molar-refractivity contribution < 1.29 is 4.74 Å². The molecule has 3 fully saturated rings. The van der Waals surface area contributed by atoms with Gasteiger partial charge in [0.25, 0.3) is 0 Å². The van der Waals surface area contributed by atoms with Crippen molar-refractivity contribution >= 4 is 0 Å². The van der Waals surface area contributed by atoms with Crippen molar-refractivity contribution in [1.29, 1.82) is 0 Å². The third-order valence-electron chi connectivity index (χ3n) is 4.90. The molecule has 98 valence electrons. The minimum atomic E-state index is 0.00530. The highest BCUT2D eigenvalue weighted by Gasteiger charge is 2.67. The third kappa shape index (κ3) is 1.76. The second-order valence-electron chi connectivity index (χ2n) is 7.60. The van der Waals surface area contributed by atoms with Crippen LogP contribution in [-0.4, -0.2) is 34.7 Å². The molecule has 2 unspecified atom stereocenters. The fourth-order valence-electron chi connectivity index (χ4n) is 4.51. The van der Waals surface area contributed by atoms with E-state index in [1.165, 1.54) is 45.2 Å². The van der Waals surface area contributed by atoms with Crippen LogP contribution in [0.15, 0.2) is 0 Å². The van der Waals surface area contributed by atoms with Crippen LogP contribution in [0.25, 0.3) is 0 Å². The van der Waals surface area contributed by atoms with Crippen molar-refractivity contribution in [2.24, 2.45) is 5.92 Å². The van der Waals surface area contributed by atoms with Crippen molar-refractivity contribution in [3.8, 4) is 0 Å². The summed E-state index contributed by atoms with van der Waals surface area (Å²) in [6.07, 6.45) is 6.68. The first-order valence-electron chi connectivity index (χ1n) is 7.32. The average Bonchev–Trinajstić information content (AvgIpc) is 2.67. The summed E-state index contributed by atoms with van der Waals surface area (Å²) in [7, 11) is 0. The quantitative estimate of drug-likeness (QED) is 0.731. The lowest BCUT2D eigenvalue weighted by Gasteiger charge is -2.43. The van der Waals surface area contributed by atoms with Gasteiger partial charge < -0.3 is 4.74 Å². The standard InChI is InChI=1S/C15H27NO/c1-12-10-14(6-5-9-16(14)11-12)15(7-8-15)17-13(2,3)4/h12H,5-11H2,1-4H3. The van der Waals surface area contributed by atoms with Crippen LogP contribution < -0.4 is 0 Å². The molecule has 3 rings (SSSR count). The summed E-state index contributed by atoms with van der Waals surface area (Å²) in [6.45, 7) is 11.6. The largest absolute Gasteiger partial charge is 0.367 e. The molecule has 17 heavy (non-hydrogen) atoms. The summed E-state index contributed by atoms with van der Waals surface area (Å²) in [5, 5.41) is 0. The number of hydrogen-bond acceptors (Lipinski definition) is 2. The van der Waals surface area contributed by atoms with Gasteiger partial charge in [0.05, 0.1) is 16.7 Å². The smallest absolute Gasteiger partial charge is 0.0874 e. The van der Waals surface area contributed by atoms with E-state index in [1.807, 2.05) is 0 Å². The van der Waals surface area contributed by atoms with Crippen molar-refractivity contribution in [2.45, 2.75) is 76.5 Å². The van der Waals surface area contributed by atoms with E-state index < -0.39 is 0 Å². The average molecular weight is 237 g/mol. The maximum atomic E-state index is 6.53. The summed E-state index contributed by atoms with van der Waals surface area (Å²) in [5.74, 6) is 0.858. The molecule has 1 saturated carbocycles. The molecule has 2 atom stereocenters. The van der Waals surface area contributed by atoms with Gasteiger partial charge in [-0.1, -0.05) is 6.92 Å². The lowest BCUT2D eigenvalue weighted by molar-refractivity contribution is -0.134. The predicted molar refractivity (Wildman–Crippen MR) is 70.1 cm³/mol. The zero-order chi connectivity index (χ0) is 12.3. The first-order valence-corrected chi connectivity index (χ1v) is 7.32. The Labute approximate surface area is 106 Å². The minimum absolute atomic E-state index is 0.00530. The molecule has 0 aromatic heterocycles. The molecular formula is C15H27NO. The summed E-state index contributed by atoms with van der Waals surface area (Å²) < 4.78 is 6.53. The van der Waals surface area contributed by atoms with E-state index in [9.17, 15) is 0 Å². The topological polar surface area (TPSA) is 12.5 Å². The van der Waals surface area contributed by atoms with Gasteiger partial charge in [-0.15, -0.1) is 0 Å². The normalized spacial score (nSPS) is 40.6. The second kappa shape index (κ2) is 3.48. The highest BCUT2D eigenvalue weighted by Crippen LogP contribution is 2.60. The Morgan fingerprint density at radius 1 is 1.18 bits per heavy atom. The highest BCUT2D eigenvalue weighted by molar-refractivity contribution is 5.21. The van der Waals surface area contributed by atoms with E-state index in [0.717, 1.165) is 5.92 Å². The Morgan fingerprint density at radius 3 is 2.47 bits per heavy atom. The molecule has 3 aliphatic rings. The molecule has 2 heterocycles. The van der Waals surface area contributed by atoms with Gasteiger partial charge in [-0.25, -0.2) is 0 Å². The van der Waals surface area contributed by atoms with Gasteiger partial charge in [0.15, 0.2) is 0 Å². The Bertz CT molecular complexity index is 315. The van der Waals surface area contributed by atoms with Crippen LogP contribution in [0, 0.1) is 5.92 Å². The Hall–Kier alpha value is -0.0800. The molecule has 2 saturated heterocycles. The van der Waals surface area contributed by atoms with Crippen LogP contribution in [0.5, 0.6) is 0 Å². The molecule has 2 heteroatoms. The van der Waals surface area contributed by atoms with Crippen LogP contribution in [0.2, 0.25) is 0 Å². The molecule has 1 aliphatic carbocycles. The van der Waals surface area contributed by atoms with E-state index in [0.29, 0.717) is 5.54 Å². The fraction of sp³-hybridized carbons (Fsp3) is 1.00. The number of ether oxygens (including phenoxy) is 1. The molecule has 0 aromatic rings. The van der Waals surface area contributed by atoms with E-state index >= 15 is 0 Å². The number of rotatable bonds is 2. The van der Waals surface area contributed by atoms with Crippen molar-refractivity contribution in [1.82, 2.24) is 4.90 Å². The third-order valence-corrected chi connectivity index (χ3v) is 4.90. The van der Waals surface area contributed by atoms with E-state index in [-0.39, 0.29) is 11.2 Å². The van der Waals surface area contributed by atoms with Gasteiger partial charge in [0.1, 0.15) is 0 Å². The summed E-state index contributed by atoms with van der Waals surface area (Å²) in [6, 6.07) is 0. The molecule has 0 spiro atoms. The van der Waals surface area contributed by atoms with Gasteiger partial charge in [-0.05, 0) is 65.3 Å². The molecule has 0 N–H and O–H groups in total. The van der Waals surface area contributed by atoms with Crippen molar-refractivity contribution in [2.75, 3.05) is 13.1 Å². The maximum Gasteiger partial charge on any atom is 0.0874 e. The zero-order valence-electron chi connectivity index (χ0n) is 11.9. The molecule has 0 aromatic carbocycles. The van der Waals surface area contributed by atoms with Crippen LogP contribution in [0.1, 0.15) is 59.8 Å². The molecular weight excluding hydrogens is 210 g/mol. The van der Waals surface area contributed by atoms with Gasteiger partial charge >= 0.3 is 0 Å². The predicted octanol–water partition coefficient (Wildman–Crippen LogP) is 3.21. The Kier molecular flexibility index (Phi) is 2.45. The fourth-order valence-corrected chi connectivity index (χ4v) is 4.51. The zero-order valence-corrected chi connectivity index (χ0v) is 11.9. The minimum Gasteiger partial charge on any atom is -0.367 e. The number of nitrogens with zero attached hydrogens (tertiary/aromatic N) is 1. The van der Waals surface area contributed by atoms with Crippen LogP contribution in [0.3, 0.4) is 0 Å². The SMILES string of the molecule is CC1CN2CCCC2(C2(OC(C)(C)C)CC2)C1.